The number of carbonyl (C=O) groups is 1. The molecule has 1 aliphatic rings. The van der Waals surface area contributed by atoms with E-state index in [9.17, 15) is 4.79 Å². The fraction of sp³-hybridized carbons (Fsp3) is 0.562. The lowest BCUT2D eigenvalue weighted by Crippen LogP contribution is -2.46. The van der Waals surface area contributed by atoms with Gasteiger partial charge in [0.1, 0.15) is 0 Å². The van der Waals surface area contributed by atoms with Crippen LogP contribution in [0.25, 0.3) is 0 Å². The van der Waals surface area contributed by atoms with Gasteiger partial charge in [-0.25, -0.2) is 0 Å². The van der Waals surface area contributed by atoms with Gasteiger partial charge >= 0.3 is 0 Å². The summed E-state index contributed by atoms with van der Waals surface area (Å²) in [6.45, 7) is 2.98. The molecule has 0 spiro atoms. The topological polar surface area (TPSA) is 32.8 Å². The highest BCUT2D eigenvalue weighted by Gasteiger charge is 2.26. The monoisotopic (exact) mass is 308 g/mol. The fourth-order valence-electron chi connectivity index (χ4n) is 2.47. The lowest BCUT2D eigenvalue weighted by molar-refractivity contribution is -0.0270. The number of thioether (sulfide) groups is 1. The first kappa shape index (κ1) is 16.3. The van der Waals surface area contributed by atoms with Crippen molar-refractivity contribution >= 4 is 17.7 Å². The Morgan fingerprint density at radius 2 is 2.19 bits per heavy atom. The highest BCUT2D eigenvalue weighted by molar-refractivity contribution is 7.98. The number of ether oxygens (including phenoxy) is 1. The number of rotatable bonds is 5. The second-order valence-corrected chi connectivity index (χ2v) is 6.38. The molecule has 0 N–H and O–H groups in total. The first-order valence-electron chi connectivity index (χ1n) is 7.30. The van der Waals surface area contributed by atoms with Crippen molar-refractivity contribution < 1.29 is 9.53 Å². The van der Waals surface area contributed by atoms with Crippen LogP contribution in [0.2, 0.25) is 0 Å². The van der Waals surface area contributed by atoms with Crippen molar-refractivity contribution in [2.45, 2.75) is 17.4 Å². The predicted octanol–water partition coefficient (Wildman–Crippen LogP) is 2.20. The number of amides is 1. The van der Waals surface area contributed by atoms with Crippen molar-refractivity contribution in [2.24, 2.45) is 0 Å². The highest BCUT2D eigenvalue weighted by Crippen LogP contribution is 2.22. The number of morpholine rings is 1. The van der Waals surface area contributed by atoms with E-state index in [1.165, 1.54) is 0 Å². The Kier molecular flexibility index (Phi) is 6.08. The summed E-state index contributed by atoms with van der Waals surface area (Å²) in [6, 6.07) is 7.82. The third-order valence-electron chi connectivity index (χ3n) is 3.66. The third kappa shape index (κ3) is 4.46. The van der Waals surface area contributed by atoms with Gasteiger partial charge in [0.05, 0.1) is 18.3 Å². The summed E-state index contributed by atoms with van der Waals surface area (Å²) in [6.07, 6.45) is 3.11. The summed E-state index contributed by atoms with van der Waals surface area (Å²) in [5.74, 6) is 0.123. The van der Waals surface area contributed by atoms with Crippen molar-refractivity contribution in [3.63, 3.8) is 0 Å². The first-order valence-corrected chi connectivity index (χ1v) is 8.53. The Hall–Kier alpha value is -1.04. The number of benzene rings is 1. The Bertz CT molecular complexity index is 479. The zero-order valence-electron chi connectivity index (χ0n) is 13.0. The minimum Gasteiger partial charge on any atom is -0.374 e. The van der Waals surface area contributed by atoms with Gasteiger partial charge in [0.2, 0.25) is 0 Å². The van der Waals surface area contributed by atoms with Gasteiger partial charge in [0, 0.05) is 24.5 Å². The van der Waals surface area contributed by atoms with Crippen molar-refractivity contribution in [1.29, 1.82) is 0 Å². The van der Waals surface area contributed by atoms with Crippen LogP contribution in [0.1, 0.15) is 16.8 Å². The molecule has 1 heterocycles. The number of carbonyl (C=O) groups excluding carboxylic acids is 1. The van der Waals surface area contributed by atoms with E-state index in [-0.39, 0.29) is 12.0 Å². The van der Waals surface area contributed by atoms with Crippen LogP contribution < -0.4 is 0 Å². The van der Waals surface area contributed by atoms with E-state index in [0.717, 1.165) is 23.4 Å². The van der Waals surface area contributed by atoms with Gasteiger partial charge in [0.15, 0.2) is 0 Å². The molecule has 21 heavy (non-hydrogen) atoms. The standard InChI is InChI=1S/C16H24N2O2S/c1-17(2)9-8-13-12-18(10-11-20-13)16(19)14-6-4-5-7-15(14)21-3/h4-7,13H,8-12H2,1-3H3/t13-/m0/s1. The molecular weight excluding hydrogens is 284 g/mol. The normalized spacial score (nSPS) is 19.0. The van der Waals surface area contributed by atoms with E-state index in [1.54, 1.807) is 11.8 Å². The van der Waals surface area contributed by atoms with Gasteiger partial charge < -0.3 is 14.5 Å². The quantitative estimate of drug-likeness (QED) is 0.781. The molecule has 1 amide bonds. The second kappa shape index (κ2) is 7.82. The Morgan fingerprint density at radius 1 is 1.43 bits per heavy atom. The van der Waals surface area contributed by atoms with Crippen LogP contribution in [0, 0.1) is 0 Å². The van der Waals surface area contributed by atoms with E-state index < -0.39 is 0 Å². The molecule has 1 aliphatic heterocycles. The molecule has 1 fully saturated rings. The van der Waals surface area contributed by atoms with Gasteiger partial charge in [-0.05, 0) is 38.9 Å². The highest BCUT2D eigenvalue weighted by atomic mass is 32.2. The van der Waals surface area contributed by atoms with Gasteiger partial charge in [0.25, 0.3) is 5.91 Å². The Morgan fingerprint density at radius 3 is 2.90 bits per heavy atom. The minimum atomic E-state index is 0.123. The molecular formula is C16H24N2O2S. The number of hydrogen-bond donors (Lipinski definition) is 0. The minimum absolute atomic E-state index is 0.123. The van der Waals surface area contributed by atoms with Crippen LogP contribution >= 0.6 is 11.8 Å². The van der Waals surface area contributed by atoms with E-state index in [2.05, 4.69) is 19.0 Å². The molecule has 1 aromatic carbocycles. The molecule has 0 saturated carbocycles. The number of nitrogens with zero attached hydrogens (tertiary/aromatic N) is 2. The largest absolute Gasteiger partial charge is 0.374 e. The molecule has 1 saturated heterocycles. The Balaban J connectivity index is 2.01. The van der Waals surface area contributed by atoms with Gasteiger partial charge in [-0.15, -0.1) is 11.8 Å². The average molecular weight is 308 g/mol. The lowest BCUT2D eigenvalue weighted by Gasteiger charge is -2.33. The van der Waals surface area contributed by atoms with E-state index in [0.29, 0.717) is 19.7 Å². The molecule has 5 heteroatoms. The zero-order valence-corrected chi connectivity index (χ0v) is 13.9. The molecule has 1 aromatic rings. The molecule has 116 valence electrons. The molecule has 0 aromatic heterocycles. The van der Waals surface area contributed by atoms with Crippen molar-refractivity contribution in [3.8, 4) is 0 Å². The molecule has 0 aliphatic carbocycles. The summed E-state index contributed by atoms with van der Waals surface area (Å²) < 4.78 is 5.78. The predicted molar refractivity (Wildman–Crippen MR) is 87.0 cm³/mol. The average Bonchev–Trinajstić information content (AvgIpc) is 2.52. The van der Waals surface area contributed by atoms with Crippen molar-refractivity contribution in [2.75, 3.05) is 46.6 Å². The molecule has 4 nitrogen and oxygen atoms in total. The van der Waals surface area contributed by atoms with Crippen molar-refractivity contribution in [1.82, 2.24) is 9.80 Å². The van der Waals surface area contributed by atoms with Crippen LogP contribution in [0.15, 0.2) is 29.2 Å². The molecule has 0 radical (unpaired) electrons. The fourth-order valence-corrected chi connectivity index (χ4v) is 3.06. The Labute approximate surface area is 131 Å². The summed E-state index contributed by atoms with van der Waals surface area (Å²) >= 11 is 1.62. The molecule has 1 atom stereocenters. The number of hydrogen-bond acceptors (Lipinski definition) is 4. The van der Waals surface area contributed by atoms with Crippen LogP contribution in [0.3, 0.4) is 0 Å². The van der Waals surface area contributed by atoms with Gasteiger partial charge in [-0.3, -0.25) is 4.79 Å². The third-order valence-corrected chi connectivity index (χ3v) is 4.46. The van der Waals surface area contributed by atoms with Crippen LogP contribution in [-0.4, -0.2) is 68.4 Å². The first-order chi connectivity index (χ1) is 10.1. The lowest BCUT2D eigenvalue weighted by atomic mass is 10.1. The SMILES string of the molecule is CSc1ccccc1C(=O)N1CCO[C@@H](CCN(C)C)C1. The summed E-state index contributed by atoms with van der Waals surface area (Å²) in [7, 11) is 4.11. The second-order valence-electron chi connectivity index (χ2n) is 5.54. The van der Waals surface area contributed by atoms with E-state index in [4.69, 9.17) is 4.74 Å². The zero-order chi connectivity index (χ0) is 15.2. The molecule has 2 rings (SSSR count). The molecule has 0 unspecified atom stereocenters. The van der Waals surface area contributed by atoms with E-state index in [1.807, 2.05) is 35.4 Å². The molecule has 0 bridgehead atoms. The van der Waals surface area contributed by atoms with Crippen LogP contribution in [-0.2, 0) is 4.74 Å². The van der Waals surface area contributed by atoms with Gasteiger partial charge in [-0.2, -0.15) is 0 Å². The van der Waals surface area contributed by atoms with Crippen LogP contribution in [0.5, 0.6) is 0 Å². The maximum Gasteiger partial charge on any atom is 0.255 e. The van der Waals surface area contributed by atoms with Crippen molar-refractivity contribution in [3.05, 3.63) is 29.8 Å². The summed E-state index contributed by atoms with van der Waals surface area (Å²) in [5.41, 5.74) is 0.804. The van der Waals surface area contributed by atoms with Gasteiger partial charge in [-0.1, -0.05) is 12.1 Å². The smallest absolute Gasteiger partial charge is 0.255 e. The maximum atomic E-state index is 12.7. The summed E-state index contributed by atoms with van der Waals surface area (Å²) in [4.78, 5) is 17.8. The summed E-state index contributed by atoms with van der Waals surface area (Å²) in [5, 5.41) is 0. The van der Waals surface area contributed by atoms with Crippen LogP contribution in [0.4, 0.5) is 0 Å². The van der Waals surface area contributed by atoms with E-state index >= 15 is 0 Å². The maximum absolute atomic E-state index is 12.7.